The van der Waals surface area contributed by atoms with E-state index in [9.17, 15) is 0 Å². The summed E-state index contributed by atoms with van der Waals surface area (Å²) in [5.41, 5.74) is 23.7. The fourth-order valence-corrected chi connectivity index (χ4v) is 14.7. The van der Waals surface area contributed by atoms with Crippen molar-refractivity contribution in [3.05, 3.63) is 186 Å². The number of nitrogens with zero attached hydrogens (tertiary/aromatic N) is 6. The fourth-order valence-electron chi connectivity index (χ4n) is 12.2. The first kappa shape index (κ1) is 55.6. The molecule has 4 aliphatic rings. The van der Waals surface area contributed by atoms with Crippen molar-refractivity contribution in [1.82, 2.24) is 0 Å². The molecule has 0 amide bonds. The fraction of sp³-hybridized carbons (Fsp3) is 0.375. The van der Waals surface area contributed by atoms with E-state index < -0.39 is 28.4 Å². The average molecular weight is 1120 g/mol. The van der Waals surface area contributed by atoms with Gasteiger partial charge in [-0.05, 0) is 0 Å². The standard InChI is InChI=1S/2C32H37N3OS.Ru/c2*1-20(2)36-31-27(18-33-19-37)10-9-11-28(31)32-34(29-23(5)14-21(3)15-24(29)6)12-13-35(32)30-25(7)16-22(4)17-26(30)8;/h2*9-11,14-17,20,31H,12-13H2,1-8H3;. The molecule has 0 bridgehead atoms. The normalized spacial score (nSPS) is 17.6. The second-order valence-corrected chi connectivity index (χ2v) is 23.7. The van der Waals surface area contributed by atoms with Crippen molar-refractivity contribution in [3.8, 4) is 0 Å². The molecule has 75 heavy (non-hydrogen) atoms. The topological polar surface area (TPSA) is 56.1 Å². The van der Waals surface area contributed by atoms with Crippen LogP contribution in [-0.4, -0.2) is 69.4 Å². The maximum atomic E-state index is 7.19. The third-order valence-corrected chi connectivity index (χ3v) is 16.6. The van der Waals surface area contributed by atoms with Gasteiger partial charge in [0.05, 0.1) is 0 Å². The van der Waals surface area contributed by atoms with Crippen LogP contribution < -0.4 is 19.6 Å². The molecule has 0 N–H and O–H groups in total. The number of aryl methyl sites for hydroxylation is 12. The van der Waals surface area contributed by atoms with E-state index in [0.29, 0.717) is 0 Å². The average Bonchev–Trinajstić information content (AvgIpc) is 3.92. The Morgan fingerprint density at radius 1 is 0.467 bits per heavy atom. The molecular weight excluding hydrogens is 1050 g/mol. The number of hydrogen-bond acceptors (Lipinski definition) is 10. The summed E-state index contributed by atoms with van der Waals surface area (Å²) in [7, 11) is 0. The molecule has 2 aliphatic heterocycles. The Morgan fingerprint density at radius 2 is 0.720 bits per heavy atom. The molecule has 0 saturated carbocycles. The Bertz CT molecular complexity index is 2910. The van der Waals surface area contributed by atoms with Gasteiger partial charge in [0, 0.05) is 0 Å². The van der Waals surface area contributed by atoms with Crippen LogP contribution in [0, 0.1) is 83.1 Å². The summed E-state index contributed by atoms with van der Waals surface area (Å²) in [4.78, 5) is 20.0. The molecule has 2 saturated heterocycles. The Morgan fingerprint density at radius 3 is 0.947 bits per heavy atom. The summed E-state index contributed by atoms with van der Waals surface area (Å²) in [5.74, 6) is 2.20. The first-order valence-electron chi connectivity index (χ1n) is 26.2. The Labute approximate surface area is 465 Å². The van der Waals surface area contributed by atoms with E-state index in [4.69, 9.17) is 43.9 Å². The third kappa shape index (κ3) is 11.4. The van der Waals surface area contributed by atoms with E-state index in [0.717, 1.165) is 68.6 Å². The molecule has 2 unspecified atom stereocenters. The van der Waals surface area contributed by atoms with Crippen LogP contribution in [0.3, 0.4) is 0 Å². The van der Waals surface area contributed by atoms with Gasteiger partial charge in [-0.1, -0.05) is 0 Å². The van der Waals surface area contributed by atoms with Crippen LogP contribution in [0.5, 0.6) is 0 Å². The first-order valence-corrected chi connectivity index (χ1v) is 28.8. The van der Waals surface area contributed by atoms with Crippen LogP contribution in [0.25, 0.3) is 0 Å². The van der Waals surface area contributed by atoms with Gasteiger partial charge in [-0.25, -0.2) is 0 Å². The quantitative estimate of drug-likeness (QED) is 0.0790. The molecule has 8 nitrogen and oxygen atoms in total. The second kappa shape index (κ2) is 23.3. The predicted octanol–water partition coefficient (Wildman–Crippen LogP) is 14.3. The summed E-state index contributed by atoms with van der Waals surface area (Å²) in [6.45, 7) is 38.2. The number of rotatable bonds is 12. The second-order valence-electron chi connectivity index (χ2n) is 21.3. The molecule has 2 fully saturated rings. The molecule has 0 spiro atoms. The molecule has 2 atom stereocenters. The molecule has 11 heteroatoms. The predicted molar refractivity (Wildman–Crippen MR) is 321 cm³/mol. The van der Waals surface area contributed by atoms with E-state index in [2.05, 4.69) is 226 Å². The van der Waals surface area contributed by atoms with E-state index >= 15 is 0 Å². The van der Waals surface area contributed by atoms with Gasteiger partial charge in [0.1, 0.15) is 0 Å². The van der Waals surface area contributed by atoms with Gasteiger partial charge in [0.2, 0.25) is 0 Å². The number of hydrogen-bond donors (Lipinski definition) is 0. The van der Waals surface area contributed by atoms with Crippen LogP contribution in [0.4, 0.5) is 22.7 Å². The molecular formula is C64H74N6O2RuS2. The zero-order valence-corrected chi connectivity index (χ0v) is 50.3. The molecule has 8 rings (SSSR count). The summed E-state index contributed by atoms with van der Waals surface area (Å²) in [5, 5.41) is 5.61. The molecule has 0 radical (unpaired) electrons. The molecule has 4 aromatic rings. The van der Waals surface area contributed by atoms with Crippen molar-refractivity contribution in [3.63, 3.8) is 0 Å². The number of benzene rings is 4. The van der Waals surface area contributed by atoms with E-state index in [1.54, 1.807) is 0 Å². The summed E-state index contributed by atoms with van der Waals surface area (Å²) in [6.07, 6.45) is 11.7. The zero-order chi connectivity index (χ0) is 54.2. The van der Waals surface area contributed by atoms with Crippen LogP contribution in [-0.2, 0) is 25.7 Å². The van der Waals surface area contributed by atoms with Gasteiger partial charge < -0.3 is 0 Å². The first-order chi connectivity index (χ1) is 35.7. The van der Waals surface area contributed by atoms with Gasteiger partial charge in [-0.15, -0.1) is 0 Å². The number of thiocarbonyl (C=S) groups is 2. The number of isothiocyanates is 2. The monoisotopic (exact) mass is 1120 g/mol. The third-order valence-electron chi connectivity index (χ3n) is 14.2. The minimum atomic E-state index is -0.972. The number of aliphatic imine (C=N–C) groups is 2. The zero-order valence-electron chi connectivity index (χ0n) is 46.9. The summed E-state index contributed by atoms with van der Waals surface area (Å²) in [6, 6.07) is 18.3. The van der Waals surface area contributed by atoms with Gasteiger partial charge in [0.15, 0.2) is 0 Å². The van der Waals surface area contributed by atoms with Crippen LogP contribution in [0.15, 0.2) is 129 Å². The molecule has 4 aromatic carbocycles. The van der Waals surface area contributed by atoms with Gasteiger partial charge in [0.25, 0.3) is 0 Å². The van der Waals surface area contributed by atoms with Crippen molar-refractivity contribution >= 4 is 66.0 Å². The van der Waals surface area contributed by atoms with Crippen molar-refractivity contribution in [2.45, 2.75) is 135 Å². The van der Waals surface area contributed by atoms with E-state index in [1.807, 2.05) is 0 Å². The Balaban J connectivity index is 1.37. The summed E-state index contributed by atoms with van der Waals surface area (Å²) >= 11 is 10.1. The van der Waals surface area contributed by atoms with Gasteiger partial charge in [-0.2, -0.15) is 0 Å². The number of allylic oxidation sites excluding steroid dienone is 4. The SMILES string of the molecule is Cc1cc(C)c(N2CCN(c3c(C)cc(C)cc3C)C2=C2C=CC=C([C](N=C=S)=[Ru]=[C](N=C=S)C3=CC=CC(=C4N(c5c(C)cc(C)cc5C)CCN4c4c(C)cc(C)cc4C)C3OC(C)C)C2OC(C)C)c(C)c1. The number of ether oxygens (including phenoxy) is 2. The van der Waals surface area contributed by atoms with Crippen LogP contribution in [0.2, 0.25) is 0 Å². The van der Waals surface area contributed by atoms with Crippen molar-refractivity contribution in [2.24, 2.45) is 9.98 Å². The van der Waals surface area contributed by atoms with Gasteiger partial charge in [-0.3, -0.25) is 0 Å². The maximum absolute atomic E-state index is 7.19. The van der Waals surface area contributed by atoms with E-state index in [1.165, 1.54) is 89.5 Å². The van der Waals surface area contributed by atoms with Crippen molar-refractivity contribution in [1.29, 1.82) is 0 Å². The number of anilines is 4. The molecule has 0 aromatic heterocycles. The van der Waals surface area contributed by atoms with Crippen molar-refractivity contribution in [2.75, 3.05) is 45.8 Å². The Kier molecular flexibility index (Phi) is 17.3. The molecule has 2 heterocycles. The molecule has 2 aliphatic carbocycles. The van der Waals surface area contributed by atoms with E-state index in [-0.39, 0.29) is 12.2 Å². The van der Waals surface area contributed by atoms with Crippen molar-refractivity contribution < 1.29 is 25.7 Å². The van der Waals surface area contributed by atoms with Gasteiger partial charge >= 0.3 is 468 Å². The Hall–Kier alpha value is -5.60. The molecule has 392 valence electrons. The minimum absolute atomic E-state index is 0.131. The summed E-state index contributed by atoms with van der Waals surface area (Å²) < 4.78 is 15.9. The van der Waals surface area contributed by atoms with Crippen LogP contribution in [0.1, 0.15) is 94.5 Å². The van der Waals surface area contributed by atoms with Crippen LogP contribution >= 0.6 is 24.4 Å².